The van der Waals surface area contributed by atoms with Crippen LogP contribution in [-0.2, 0) is 32.9 Å². The van der Waals surface area contributed by atoms with Crippen LogP contribution in [0, 0.1) is 36.7 Å². The molecule has 0 unspecified atom stereocenters. The second-order valence-electron chi connectivity index (χ2n) is 17.0. The Morgan fingerprint density at radius 1 is 0.770 bits per heavy atom. The van der Waals surface area contributed by atoms with Gasteiger partial charge in [-0.15, -0.1) is 58.7 Å². The number of aryl methyl sites for hydroxylation is 2. The third-order valence-corrected chi connectivity index (χ3v) is 9.79. The number of fused-ring (bicyclic) bond motifs is 5. The predicted molar refractivity (Wildman–Crippen MR) is 257 cm³/mol. The number of benzene rings is 6. The van der Waals surface area contributed by atoms with Crippen molar-refractivity contribution in [2.75, 3.05) is 0 Å². The zero-order chi connectivity index (χ0) is 51.2. The fourth-order valence-electron chi connectivity index (χ4n) is 7.15. The Morgan fingerprint density at radius 2 is 1.46 bits per heavy atom. The van der Waals surface area contributed by atoms with Crippen LogP contribution in [0.5, 0.6) is 0 Å². The summed E-state index contributed by atoms with van der Waals surface area (Å²) in [5.74, 6) is 0. The van der Waals surface area contributed by atoms with Crippen LogP contribution in [0.1, 0.15) is 95.6 Å². The van der Waals surface area contributed by atoms with Gasteiger partial charge < -0.3 is 14.8 Å². The topological polar surface area (TPSA) is 48.3 Å². The van der Waals surface area contributed by atoms with Crippen molar-refractivity contribution in [1.82, 2.24) is 4.98 Å². The summed E-state index contributed by atoms with van der Waals surface area (Å²) in [6.07, 6.45) is 2.92. The van der Waals surface area contributed by atoms with Gasteiger partial charge in [-0.1, -0.05) is 175 Å². The molecule has 3 nitrogen and oxygen atoms in total. The summed E-state index contributed by atoms with van der Waals surface area (Å²) in [5.41, 5.74) is 7.47. The van der Waals surface area contributed by atoms with Gasteiger partial charge in [-0.3, -0.25) is 0 Å². The van der Waals surface area contributed by atoms with Crippen LogP contribution in [0.4, 0.5) is 0 Å². The zero-order valence-corrected chi connectivity index (χ0v) is 37.9. The van der Waals surface area contributed by atoms with E-state index in [2.05, 4.69) is 41.4 Å². The molecule has 0 N–H and O–H groups in total. The number of hydrogen-bond donors (Lipinski definition) is 0. The average Bonchev–Trinajstić information content (AvgIpc) is 3.70. The van der Waals surface area contributed by atoms with Gasteiger partial charge in [0.15, 0.2) is 0 Å². The van der Waals surface area contributed by atoms with Gasteiger partial charge in [-0.05, 0) is 74.9 Å². The Hall–Kier alpha value is -5.67. The van der Waals surface area contributed by atoms with Crippen molar-refractivity contribution in [2.24, 2.45) is 10.8 Å². The van der Waals surface area contributed by atoms with E-state index in [1.54, 1.807) is 42.5 Å². The Kier molecular flexibility index (Phi) is 10.3. The van der Waals surface area contributed by atoms with Crippen molar-refractivity contribution in [3.8, 4) is 22.4 Å². The van der Waals surface area contributed by atoms with Crippen LogP contribution >= 0.6 is 0 Å². The van der Waals surface area contributed by atoms with Gasteiger partial charge in [0, 0.05) is 36.3 Å². The summed E-state index contributed by atoms with van der Waals surface area (Å²) in [6, 6.07) is 43.1. The molecule has 6 aromatic carbocycles. The van der Waals surface area contributed by atoms with Gasteiger partial charge in [0.1, 0.15) is 5.58 Å². The van der Waals surface area contributed by atoms with E-state index in [0.717, 1.165) is 61.2 Å². The Morgan fingerprint density at radius 3 is 2.10 bits per heavy atom. The standard InChI is InChI=1S/C33H29NO.C24H26N.Ir/c1-22(20-26(18-19-34)24-14-12-23(13-15-24)21-33(2,3)4)27-10-7-11-29-30-17-16-25-8-5-6-9-28(25)32(30)35-31(27)29;1-17-6-13-23(25-16-17)21-10-7-18(2)22(14-21)20-11-8-19(9-12-20)15-24(3,4)5;/h5-9,11-20H,21H2,1-4H3;6-9,11-14,16H,15H2,1-5H3;/q-2;-1;+3/b22-20+,26-18+;;/i21D2;1D3,2D3,15D2;. The summed E-state index contributed by atoms with van der Waals surface area (Å²) < 4.78 is 86.8. The minimum atomic E-state index is -2.37. The van der Waals surface area contributed by atoms with Crippen LogP contribution in [0.25, 0.3) is 71.7 Å². The van der Waals surface area contributed by atoms with Crippen molar-refractivity contribution in [1.29, 1.82) is 0 Å². The van der Waals surface area contributed by atoms with E-state index in [9.17, 15) is 5.41 Å². The van der Waals surface area contributed by atoms with Crippen LogP contribution in [0.15, 0.2) is 144 Å². The van der Waals surface area contributed by atoms with E-state index in [0.29, 0.717) is 33.5 Å². The first kappa shape index (κ1) is 33.0. The number of nitrogens with zero attached hydrogens (tertiary/aromatic N) is 2. The van der Waals surface area contributed by atoms with Crippen LogP contribution in [-0.4, -0.2) is 11.2 Å². The quantitative estimate of drug-likeness (QED) is 0.0865. The molecule has 0 atom stereocenters. The van der Waals surface area contributed by atoms with E-state index < -0.39 is 37.3 Å². The summed E-state index contributed by atoms with van der Waals surface area (Å²) in [7, 11) is 0. The maximum atomic E-state index is 9.62. The molecule has 0 spiro atoms. The van der Waals surface area contributed by atoms with Crippen LogP contribution < -0.4 is 0 Å². The molecule has 8 aromatic rings. The van der Waals surface area contributed by atoms with Gasteiger partial charge in [0.05, 0.1) is 0 Å². The molecule has 0 fully saturated rings. The monoisotopic (exact) mass is 986 g/mol. The minimum absolute atomic E-state index is 0. The zero-order valence-electron chi connectivity index (χ0n) is 45.5. The Balaban J connectivity index is 0.000000231. The first-order valence-electron chi connectivity index (χ1n) is 25.0. The van der Waals surface area contributed by atoms with Crippen molar-refractivity contribution in [2.45, 2.75) is 74.9 Å². The number of hydrogen-bond acceptors (Lipinski definition) is 2. The third kappa shape index (κ3) is 11.0. The molecular formula is C57H55IrN2O. The fraction of sp³-hybridized carbons (Fsp3) is 0.228. The average molecular weight is 986 g/mol. The fourth-order valence-corrected chi connectivity index (χ4v) is 7.15. The first-order chi connectivity index (χ1) is 32.6. The molecule has 0 amide bonds. The van der Waals surface area contributed by atoms with Crippen LogP contribution in [0.2, 0.25) is 0 Å². The number of pyridine rings is 1. The number of allylic oxidation sites excluding steroid dienone is 4. The van der Waals surface area contributed by atoms with Crippen LogP contribution in [0.3, 0.4) is 0 Å². The summed E-state index contributed by atoms with van der Waals surface area (Å²) in [5, 5.41) is 13.9. The molecule has 0 radical (unpaired) electrons. The predicted octanol–water partition coefficient (Wildman–Crippen LogP) is 15.7. The van der Waals surface area contributed by atoms with E-state index in [4.69, 9.17) is 18.1 Å². The van der Waals surface area contributed by atoms with Gasteiger partial charge in [0.25, 0.3) is 0 Å². The molecule has 0 bridgehead atoms. The van der Waals surface area contributed by atoms with Gasteiger partial charge in [-0.25, -0.2) is 0 Å². The number of aromatic nitrogens is 1. The molecule has 61 heavy (non-hydrogen) atoms. The minimum Gasteiger partial charge on any atom is -0.811 e. The van der Waals surface area contributed by atoms with E-state index in [-0.39, 0.29) is 31.2 Å². The molecule has 0 saturated carbocycles. The first-order valence-corrected chi connectivity index (χ1v) is 20.0. The molecule has 0 aliphatic carbocycles. The SMILES string of the molecule is [2H]C([2H])([2H])c1ccc(-c2[c-]cc(C([2H])([2H])[2H])c(-c3ccc(C([2H])([2H])C(C)(C)C)cc3)c2)nc1.[2H]C([2H])(c1ccc(C(=C/C=[N-])/C=C(\C)c2[c-]ccc3c2oc2c4ccccc4ccc32)cc1)C(C)(C)C.[Ir+3]. The summed E-state index contributed by atoms with van der Waals surface area (Å²) in [4.78, 5) is 4.23. The van der Waals surface area contributed by atoms with Crippen molar-refractivity contribution < 1.29 is 38.2 Å². The molecule has 2 heterocycles. The molecule has 308 valence electrons. The van der Waals surface area contributed by atoms with E-state index >= 15 is 0 Å². The van der Waals surface area contributed by atoms with E-state index in [1.165, 1.54) is 18.3 Å². The van der Waals surface area contributed by atoms with Gasteiger partial charge in [0.2, 0.25) is 0 Å². The second kappa shape index (κ2) is 18.9. The number of rotatable bonds is 8. The van der Waals surface area contributed by atoms with Crippen molar-refractivity contribution in [3.05, 3.63) is 191 Å². The van der Waals surface area contributed by atoms with Gasteiger partial charge >= 0.3 is 20.1 Å². The third-order valence-electron chi connectivity index (χ3n) is 9.79. The molecule has 2 aromatic heterocycles. The molecule has 8 rings (SSSR count). The van der Waals surface area contributed by atoms with Gasteiger partial charge in [-0.2, -0.15) is 6.21 Å². The molecule has 0 saturated heterocycles. The molecular weight excluding hydrogens is 921 g/mol. The van der Waals surface area contributed by atoms with Crippen molar-refractivity contribution in [3.63, 3.8) is 0 Å². The molecule has 4 heteroatoms. The van der Waals surface area contributed by atoms with Crippen molar-refractivity contribution >= 4 is 50.1 Å². The Bertz CT molecular complexity index is 3260. The van der Waals surface area contributed by atoms with E-state index in [1.807, 2.05) is 103 Å². The number of furan rings is 1. The molecule has 0 aliphatic heterocycles. The maximum Gasteiger partial charge on any atom is 3.00 e. The summed E-state index contributed by atoms with van der Waals surface area (Å²) >= 11 is 0. The summed E-state index contributed by atoms with van der Waals surface area (Å²) in [6.45, 7) is 8.57. The Labute approximate surface area is 390 Å². The smallest absolute Gasteiger partial charge is 0.811 e. The molecule has 0 aliphatic rings. The normalized spacial score (nSPS) is 15.6. The largest absolute Gasteiger partial charge is 3.00 e. The second-order valence-corrected chi connectivity index (χ2v) is 17.0. The maximum absolute atomic E-state index is 9.62.